The van der Waals surface area contributed by atoms with Gasteiger partial charge < -0.3 is 0 Å². The molecule has 6 nitrogen and oxygen atoms in total. The molecule has 0 saturated carbocycles. The van der Waals surface area contributed by atoms with Crippen LogP contribution in [0.2, 0.25) is 0 Å². The van der Waals surface area contributed by atoms with E-state index >= 15 is 0 Å². The van der Waals surface area contributed by atoms with E-state index in [4.69, 9.17) is 4.98 Å². The lowest BCUT2D eigenvalue weighted by Gasteiger charge is -2.21. The van der Waals surface area contributed by atoms with Crippen molar-refractivity contribution in [1.82, 2.24) is 19.7 Å². The first-order valence-corrected chi connectivity index (χ1v) is 10.8. The Morgan fingerprint density at radius 2 is 1.93 bits per heavy atom. The quantitative estimate of drug-likeness (QED) is 0.444. The number of nitrogens with zero attached hydrogens (tertiary/aromatic N) is 5. The highest BCUT2D eigenvalue weighted by molar-refractivity contribution is 7.22. The molecule has 0 bridgehead atoms. The number of aromatic nitrogens is 4. The molecule has 1 amide bonds. The Labute approximate surface area is 180 Å². The van der Waals surface area contributed by atoms with Crippen LogP contribution in [-0.4, -0.2) is 25.7 Å². The molecule has 4 aromatic rings. The number of carbonyl (C=O) groups excluding carboxylic acids is 1. The van der Waals surface area contributed by atoms with E-state index in [0.29, 0.717) is 17.4 Å². The zero-order valence-electron chi connectivity index (χ0n) is 17.9. The zero-order valence-corrected chi connectivity index (χ0v) is 18.7. The fraction of sp³-hybridized carbons (Fsp3) is 0.304. The maximum absolute atomic E-state index is 13.7. The third-order valence-corrected chi connectivity index (χ3v) is 6.25. The Bertz CT molecular complexity index is 1170. The average Bonchev–Trinajstić information content (AvgIpc) is 3.34. The highest BCUT2D eigenvalue weighted by Crippen LogP contribution is 2.34. The van der Waals surface area contributed by atoms with Crippen molar-refractivity contribution < 1.29 is 4.79 Å². The lowest BCUT2D eigenvalue weighted by molar-refractivity contribution is 0.0973. The molecular formula is C23H25N5OS. The standard InChI is InChI=1S/C23H25N5OS/c1-14(2)28-19(11-17(5)26-28)22(29)27(13-18-7-6-10-24-12-18)23-25-20-15(3)8-9-16(4)21(20)30-23/h6-12,14H,13H2,1-5H3. The molecule has 3 heterocycles. The molecule has 0 N–H and O–H groups in total. The number of benzene rings is 1. The van der Waals surface area contributed by atoms with Crippen LogP contribution in [0.25, 0.3) is 10.2 Å². The molecule has 3 aromatic heterocycles. The third kappa shape index (κ3) is 3.73. The van der Waals surface area contributed by atoms with Gasteiger partial charge in [0.2, 0.25) is 0 Å². The highest BCUT2D eigenvalue weighted by atomic mass is 32.1. The summed E-state index contributed by atoms with van der Waals surface area (Å²) in [4.78, 5) is 24.6. The van der Waals surface area contributed by atoms with Crippen molar-refractivity contribution in [3.63, 3.8) is 0 Å². The van der Waals surface area contributed by atoms with Crippen molar-refractivity contribution >= 4 is 32.6 Å². The number of hydrogen-bond acceptors (Lipinski definition) is 5. The van der Waals surface area contributed by atoms with E-state index in [2.05, 4.69) is 36.1 Å². The van der Waals surface area contributed by atoms with Crippen molar-refractivity contribution in [1.29, 1.82) is 0 Å². The predicted molar refractivity (Wildman–Crippen MR) is 121 cm³/mol. The second-order valence-electron chi connectivity index (χ2n) is 7.84. The topological polar surface area (TPSA) is 63.9 Å². The number of aryl methyl sites for hydroxylation is 3. The lowest BCUT2D eigenvalue weighted by Crippen LogP contribution is -2.32. The molecular weight excluding hydrogens is 394 g/mol. The first kappa shape index (κ1) is 20.2. The van der Waals surface area contributed by atoms with Crippen LogP contribution in [0.3, 0.4) is 0 Å². The van der Waals surface area contributed by atoms with Crippen molar-refractivity contribution in [2.45, 2.75) is 47.2 Å². The predicted octanol–water partition coefficient (Wildman–Crippen LogP) is 5.24. The fourth-order valence-corrected chi connectivity index (χ4v) is 4.58. The third-order valence-electron chi connectivity index (χ3n) is 5.04. The summed E-state index contributed by atoms with van der Waals surface area (Å²) in [6, 6.07) is 9.96. The largest absolute Gasteiger partial charge is 0.278 e. The van der Waals surface area contributed by atoms with E-state index in [-0.39, 0.29) is 11.9 Å². The average molecular weight is 420 g/mol. The second-order valence-corrected chi connectivity index (χ2v) is 8.81. The highest BCUT2D eigenvalue weighted by Gasteiger charge is 2.26. The normalized spacial score (nSPS) is 11.4. The minimum Gasteiger partial charge on any atom is -0.278 e. The molecule has 0 spiro atoms. The number of pyridine rings is 1. The van der Waals surface area contributed by atoms with Gasteiger partial charge in [-0.05, 0) is 63.4 Å². The lowest BCUT2D eigenvalue weighted by atomic mass is 10.1. The maximum Gasteiger partial charge on any atom is 0.278 e. The smallest absolute Gasteiger partial charge is 0.278 e. The van der Waals surface area contributed by atoms with E-state index in [1.807, 2.05) is 39.0 Å². The molecule has 0 aliphatic carbocycles. The number of amides is 1. The van der Waals surface area contributed by atoms with Crippen LogP contribution in [-0.2, 0) is 6.54 Å². The van der Waals surface area contributed by atoms with Crippen LogP contribution in [0.4, 0.5) is 5.13 Å². The molecule has 0 fully saturated rings. The summed E-state index contributed by atoms with van der Waals surface area (Å²) in [5.41, 5.74) is 5.56. The number of anilines is 1. The van der Waals surface area contributed by atoms with Crippen LogP contribution >= 0.6 is 11.3 Å². The first-order chi connectivity index (χ1) is 14.3. The minimum absolute atomic E-state index is 0.0812. The monoisotopic (exact) mass is 419 g/mol. The van der Waals surface area contributed by atoms with Gasteiger partial charge in [0.1, 0.15) is 5.69 Å². The van der Waals surface area contributed by atoms with Crippen LogP contribution in [0.5, 0.6) is 0 Å². The van der Waals surface area contributed by atoms with Gasteiger partial charge in [0.05, 0.1) is 22.5 Å². The van der Waals surface area contributed by atoms with Crippen molar-refractivity contribution in [2.24, 2.45) is 0 Å². The molecule has 0 aliphatic heterocycles. The van der Waals surface area contributed by atoms with Crippen LogP contribution < -0.4 is 4.90 Å². The van der Waals surface area contributed by atoms with Crippen LogP contribution in [0, 0.1) is 20.8 Å². The molecule has 7 heteroatoms. The Balaban J connectivity index is 1.84. The molecule has 0 aliphatic rings. The summed E-state index contributed by atoms with van der Waals surface area (Å²) in [5.74, 6) is -0.109. The van der Waals surface area contributed by atoms with Gasteiger partial charge in [0.15, 0.2) is 5.13 Å². The van der Waals surface area contributed by atoms with Gasteiger partial charge in [-0.15, -0.1) is 0 Å². The van der Waals surface area contributed by atoms with E-state index in [1.165, 1.54) is 0 Å². The number of fused-ring (bicyclic) bond motifs is 1. The molecule has 0 saturated heterocycles. The SMILES string of the molecule is Cc1cc(C(=O)N(Cc2cccnc2)c2nc3c(C)ccc(C)c3s2)n(C(C)C)n1. The van der Waals surface area contributed by atoms with Gasteiger partial charge >= 0.3 is 0 Å². The van der Waals surface area contributed by atoms with E-state index in [9.17, 15) is 4.79 Å². The summed E-state index contributed by atoms with van der Waals surface area (Å²) in [5, 5.41) is 5.21. The Kier molecular flexibility index (Phi) is 5.39. The molecule has 30 heavy (non-hydrogen) atoms. The van der Waals surface area contributed by atoms with Gasteiger partial charge in [-0.3, -0.25) is 19.4 Å². The molecule has 154 valence electrons. The Morgan fingerprint density at radius 3 is 2.60 bits per heavy atom. The van der Waals surface area contributed by atoms with Crippen LogP contribution in [0.1, 0.15) is 52.8 Å². The summed E-state index contributed by atoms with van der Waals surface area (Å²) in [6.45, 7) is 10.5. The van der Waals surface area contributed by atoms with Crippen molar-refractivity contribution in [2.75, 3.05) is 4.90 Å². The van der Waals surface area contributed by atoms with Gasteiger partial charge in [0.25, 0.3) is 5.91 Å². The summed E-state index contributed by atoms with van der Waals surface area (Å²) in [7, 11) is 0. The molecule has 0 unspecified atom stereocenters. The molecule has 1 aromatic carbocycles. The van der Waals surface area contributed by atoms with E-state index < -0.39 is 0 Å². The fourth-order valence-electron chi connectivity index (χ4n) is 3.47. The number of rotatable bonds is 5. The number of hydrogen-bond donors (Lipinski definition) is 0. The zero-order chi connectivity index (χ0) is 21.4. The molecule has 4 rings (SSSR count). The molecule has 0 atom stereocenters. The Hall–Kier alpha value is -3.06. The van der Waals surface area contributed by atoms with E-state index in [1.54, 1.807) is 33.3 Å². The van der Waals surface area contributed by atoms with Crippen LogP contribution in [0.15, 0.2) is 42.7 Å². The van der Waals surface area contributed by atoms with Gasteiger partial charge in [-0.25, -0.2) is 4.98 Å². The molecule has 0 radical (unpaired) electrons. The number of thiazole rings is 1. The van der Waals surface area contributed by atoms with Gasteiger partial charge in [0, 0.05) is 18.4 Å². The van der Waals surface area contributed by atoms with Crippen molar-refractivity contribution in [3.05, 3.63) is 70.8 Å². The summed E-state index contributed by atoms with van der Waals surface area (Å²) >= 11 is 1.55. The number of carbonyl (C=O) groups is 1. The summed E-state index contributed by atoms with van der Waals surface area (Å²) < 4.78 is 2.90. The summed E-state index contributed by atoms with van der Waals surface area (Å²) in [6.07, 6.45) is 3.52. The minimum atomic E-state index is -0.109. The van der Waals surface area contributed by atoms with E-state index in [0.717, 1.165) is 32.6 Å². The second kappa shape index (κ2) is 7.99. The van der Waals surface area contributed by atoms with Gasteiger partial charge in [-0.2, -0.15) is 5.10 Å². The van der Waals surface area contributed by atoms with Crippen molar-refractivity contribution in [3.8, 4) is 0 Å². The first-order valence-electron chi connectivity index (χ1n) is 9.99. The Morgan fingerprint density at radius 1 is 1.17 bits per heavy atom. The maximum atomic E-state index is 13.7. The van der Waals surface area contributed by atoms with Gasteiger partial charge in [-0.1, -0.05) is 29.5 Å².